The van der Waals surface area contributed by atoms with Crippen LogP contribution in [0.1, 0.15) is 29.2 Å². The lowest BCUT2D eigenvalue weighted by molar-refractivity contribution is 0.0817. The number of hydrogen-bond acceptors (Lipinski definition) is 6. The van der Waals surface area contributed by atoms with Gasteiger partial charge >= 0.3 is 0 Å². The second-order valence-electron chi connectivity index (χ2n) is 6.75. The lowest BCUT2D eigenvalue weighted by atomic mass is 10.0. The zero-order valence-electron chi connectivity index (χ0n) is 17.0. The highest BCUT2D eigenvalue weighted by Gasteiger charge is 2.14. The van der Waals surface area contributed by atoms with Gasteiger partial charge < -0.3 is 19.9 Å². The number of aromatic nitrogens is 1. The van der Waals surface area contributed by atoms with Gasteiger partial charge in [0.15, 0.2) is 0 Å². The van der Waals surface area contributed by atoms with Crippen LogP contribution in [0.3, 0.4) is 0 Å². The number of aryl methyl sites for hydroxylation is 1. The summed E-state index contributed by atoms with van der Waals surface area (Å²) in [6.45, 7) is 3.06. The van der Waals surface area contributed by atoms with Crippen LogP contribution in [0.4, 0.5) is 5.69 Å². The van der Waals surface area contributed by atoms with Crippen LogP contribution in [0.25, 0.3) is 10.9 Å². The molecule has 2 N–H and O–H groups in total. The molecule has 30 heavy (non-hydrogen) atoms. The Balaban J connectivity index is 2.02. The number of benzene rings is 2. The van der Waals surface area contributed by atoms with Crippen molar-refractivity contribution < 1.29 is 14.6 Å². The average Bonchev–Trinajstić information content (AvgIpc) is 2.77. The lowest BCUT2D eigenvalue weighted by Crippen LogP contribution is -2.07. The van der Waals surface area contributed by atoms with Gasteiger partial charge in [0.2, 0.25) is 0 Å². The summed E-state index contributed by atoms with van der Waals surface area (Å²) in [5, 5.41) is 23.4. The van der Waals surface area contributed by atoms with Crippen molar-refractivity contribution in [2.45, 2.75) is 26.5 Å². The third kappa shape index (κ3) is 4.82. The molecule has 1 heterocycles. The summed E-state index contributed by atoms with van der Waals surface area (Å²) in [5.41, 5.74) is 5.16. The number of anilines is 1. The highest BCUT2D eigenvalue weighted by molar-refractivity contribution is 6.32. The first-order valence-electron chi connectivity index (χ1n) is 9.70. The third-order valence-corrected chi connectivity index (χ3v) is 5.11. The van der Waals surface area contributed by atoms with Gasteiger partial charge in [-0.25, -0.2) is 0 Å². The topological polar surface area (TPSA) is 87.4 Å². The van der Waals surface area contributed by atoms with Gasteiger partial charge in [0.1, 0.15) is 5.75 Å². The molecule has 0 saturated heterocycles. The summed E-state index contributed by atoms with van der Waals surface area (Å²) < 4.78 is 10.8. The molecule has 156 valence electrons. The molecular weight excluding hydrogens is 402 g/mol. The molecule has 7 heteroatoms. The number of hydrogen-bond donors (Lipinski definition) is 2. The number of nitrogens with zero attached hydrogens (tertiary/aromatic N) is 2. The number of nitriles is 1. The smallest absolute Gasteiger partial charge is 0.137 e. The molecule has 0 amide bonds. The first kappa shape index (κ1) is 21.8. The predicted octanol–water partition coefficient (Wildman–Crippen LogP) is 4.45. The normalized spacial score (nSPS) is 10.8. The number of methoxy groups -OCH3 is 1. The molecule has 0 spiro atoms. The van der Waals surface area contributed by atoms with Gasteiger partial charge in [0.05, 0.1) is 54.8 Å². The minimum Gasteiger partial charge on any atom is -0.495 e. The number of pyridine rings is 1. The Hall–Kier alpha value is -2.85. The molecule has 0 fully saturated rings. The lowest BCUT2D eigenvalue weighted by Gasteiger charge is -2.17. The van der Waals surface area contributed by atoms with E-state index in [2.05, 4.69) is 16.4 Å². The predicted molar refractivity (Wildman–Crippen MR) is 118 cm³/mol. The summed E-state index contributed by atoms with van der Waals surface area (Å²) in [6.07, 6.45) is 2.56. The molecule has 0 unspecified atom stereocenters. The molecule has 0 aliphatic rings. The van der Waals surface area contributed by atoms with Crippen molar-refractivity contribution in [3.63, 3.8) is 0 Å². The van der Waals surface area contributed by atoms with Crippen LogP contribution < -0.4 is 10.1 Å². The van der Waals surface area contributed by atoms with Crippen molar-refractivity contribution in [2.75, 3.05) is 25.6 Å². The zero-order chi connectivity index (χ0) is 21.5. The summed E-state index contributed by atoms with van der Waals surface area (Å²) in [4.78, 5) is 4.63. The zero-order valence-corrected chi connectivity index (χ0v) is 17.8. The number of aliphatic hydroxyl groups is 1. The molecule has 0 radical (unpaired) electrons. The minimum atomic E-state index is -0.0489. The van der Waals surface area contributed by atoms with Crippen LogP contribution in [0.2, 0.25) is 5.02 Å². The van der Waals surface area contributed by atoms with Crippen LogP contribution in [-0.2, 0) is 24.3 Å². The number of aliphatic hydroxyl groups excluding tert-OH is 1. The number of halogens is 1. The van der Waals surface area contributed by atoms with Gasteiger partial charge in [0.25, 0.3) is 0 Å². The molecule has 3 rings (SSSR count). The van der Waals surface area contributed by atoms with E-state index in [1.165, 1.54) is 0 Å². The van der Waals surface area contributed by atoms with Gasteiger partial charge in [-0.05, 0) is 41.8 Å². The number of nitrogens with one attached hydrogen (secondary N) is 1. The second-order valence-corrected chi connectivity index (χ2v) is 7.16. The quantitative estimate of drug-likeness (QED) is 0.492. The van der Waals surface area contributed by atoms with Crippen molar-refractivity contribution in [3.8, 4) is 11.8 Å². The highest BCUT2D eigenvalue weighted by atomic mass is 35.5. The van der Waals surface area contributed by atoms with Crippen LogP contribution in [0.5, 0.6) is 5.75 Å². The van der Waals surface area contributed by atoms with Crippen LogP contribution in [-0.4, -0.2) is 30.4 Å². The Morgan fingerprint density at radius 1 is 1.23 bits per heavy atom. The standard InChI is InChI=1S/C23H24ClN3O3/c1-3-17-8-16(11-25)9-19-22(17)27-13-18(14-30-7-6-28)23(19)26-12-15-4-5-21(29-2)20(24)10-15/h4-5,8-10,13,28H,3,6-7,12,14H2,1-2H3,(H,26,27). The molecule has 0 bridgehead atoms. The Kier molecular flexibility index (Phi) is 7.47. The second kappa shape index (κ2) is 10.3. The van der Waals surface area contributed by atoms with Crippen molar-refractivity contribution in [1.29, 1.82) is 5.26 Å². The van der Waals surface area contributed by atoms with E-state index in [4.69, 9.17) is 26.2 Å². The molecule has 0 atom stereocenters. The van der Waals surface area contributed by atoms with E-state index in [-0.39, 0.29) is 13.2 Å². The van der Waals surface area contributed by atoms with E-state index in [1.54, 1.807) is 13.3 Å². The van der Waals surface area contributed by atoms with Crippen LogP contribution >= 0.6 is 11.6 Å². The number of ether oxygens (including phenoxy) is 2. The van der Waals surface area contributed by atoms with Crippen molar-refractivity contribution >= 4 is 28.2 Å². The fourth-order valence-electron chi connectivity index (χ4n) is 3.33. The Labute approximate surface area is 181 Å². The van der Waals surface area contributed by atoms with Crippen molar-refractivity contribution in [2.24, 2.45) is 0 Å². The molecule has 2 aromatic carbocycles. The summed E-state index contributed by atoms with van der Waals surface area (Å²) in [7, 11) is 1.58. The Morgan fingerprint density at radius 3 is 2.73 bits per heavy atom. The highest BCUT2D eigenvalue weighted by Crippen LogP contribution is 2.31. The van der Waals surface area contributed by atoms with Gasteiger partial charge in [-0.15, -0.1) is 0 Å². The SMILES string of the molecule is CCc1cc(C#N)cc2c(NCc3ccc(OC)c(Cl)c3)c(COCCO)cnc12. The van der Waals surface area contributed by atoms with Gasteiger partial charge in [0, 0.05) is 23.7 Å². The first-order chi connectivity index (χ1) is 14.6. The summed E-state index contributed by atoms with van der Waals surface area (Å²) in [6, 6.07) is 11.6. The molecule has 1 aromatic heterocycles. The summed E-state index contributed by atoms with van der Waals surface area (Å²) >= 11 is 6.26. The molecule has 0 aliphatic heterocycles. The van der Waals surface area contributed by atoms with Crippen LogP contribution in [0, 0.1) is 11.3 Å². The summed E-state index contributed by atoms with van der Waals surface area (Å²) in [5.74, 6) is 0.624. The Bertz CT molecular complexity index is 1080. The number of rotatable bonds is 9. The van der Waals surface area contributed by atoms with Gasteiger partial charge in [-0.2, -0.15) is 5.26 Å². The van der Waals surface area contributed by atoms with Gasteiger partial charge in [-0.1, -0.05) is 24.6 Å². The van der Waals surface area contributed by atoms with E-state index in [9.17, 15) is 5.26 Å². The van der Waals surface area contributed by atoms with E-state index < -0.39 is 0 Å². The van der Waals surface area contributed by atoms with Crippen molar-refractivity contribution in [1.82, 2.24) is 4.98 Å². The average molecular weight is 426 g/mol. The number of fused-ring (bicyclic) bond motifs is 1. The maximum atomic E-state index is 9.47. The van der Waals surface area contributed by atoms with Gasteiger partial charge in [-0.3, -0.25) is 4.98 Å². The van der Waals surface area contributed by atoms with E-state index in [0.717, 1.165) is 39.7 Å². The molecule has 0 aliphatic carbocycles. The largest absolute Gasteiger partial charge is 0.495 e. The molecular formula is C23H24ClN3O3. The van der Waals surface area contributed by atoms with Crippen LogP contribution in [0.15, 0.2) is 36.5 Å². The van der Waals surface area contributed by atoms with E-state index >= 15 is 0 Å². The maximum absolute atomic E-state index is 9.47. The van der Waals surface area contributed by atoms with E-state index in [1.807, 2.05) is 37.3 Å². The third-order valence-electron chi connectivity index (χ3n) is 4.82. The first-order valence-corrected chi connectivity index (χ1v) is 10.1. The van der Waals surface area contributed by atoms with Crippen molar-refractivity contribution in [3.05, 3.63) is 63.8 Å². The fraction of sp³-hybridized carbons (Fsp3) is 0.304. The molecule has 0 saturated carbocycles. The Morgan fingerprint density at radius 2 is 2.07 bits per heavy atom. The fourth-order valence-corrected chi connectivity index (χ4v) is 3.61. The monoisotopic (exact) mass is 425 g/mol. The maximum Gasteiger partial charge on any atom is 0.137 e. The molecule has 6 nitrogen and oxygen atoms in total. The van der Waals surface area contributed by atoms with E-state index in [0.29, 0.717) is 29.5 Å². The minimum absolute atomic E-state index is 0.0489. The molecule has 3 aromatic rings.